The highest BCUT2D eigenvalue weighted by Crippen LogP contribution is 2.25. The van der Waals surface area contributed by atoms with Crippen LogP contribution in [0.2, 0.25) is 5.15 Å². The largest absolute Gasteiger partial charge is 0.383 e. The third-order valence-corrected chi connectivity index (χ3v) is 2.71. The molecule has 2 aromatic rings. The topological polar surface area (TPSA) is 82.5 Å². The minimum atomic E-state index is 0.227. The smallest absolute Gasteiger partial charge is 0.272 e. The molecule has 2 N–H and O–H groups in total. The Morgan fingerprint density at radius 1 is 1.29 bits per heavy atom. The number of hydrogen-bond acceptors (Lipinski definition) is 5. The van der Waals surface area contributed by atoms with E-state index in [1.165, 1.54) is 17.2 Å². The minimum absolute atomic E-state index is 0.227. The lowest BCUT2D eigenvalue weighted by atomic mass is 10.6. The van der Waals surface area contributed by atoms with E-state index in [1.54, 1.807) is 0 Å². The molecule has 8 heteroatoms. The summed E-state index contributed by atoms with van der Waals surface area (Å²) in [6.45, 7) is 0. The molecule has 2 heterocycles. The van der Waals surface area contributed by atoms with Crippen molar-refractivity contribution in [2.24, 2.45) is 0 Å². The molecule has 0 radical (unpaired) electrons. The Balaban J connectivity index is 2.57. The van der Waals surface area contributed by atoms with Crippen LogP contribution in [-0.2, 0) is 0 Å². The number of hydrogen-bond donors (Lipinski definition) is 1. The summed E-state index contributed by atoms with van der Waals surface area (Å²) in [6.07, 6.45) is 3.02. The molecular formula is C6H4BrClN6. The maximum atomic E-state index is 5.79. The molecule has 0 atom stereocenters. The van der Waals surface area contributed by atoms with E-state index in [-0.39, 0.29) is 16.9 Å². The van der Waals surface area contributed by atoms with E-state index in [0.29, 0.717) is 4.47 Å². The molecule has 0 aliphatic heterocycles. The second-order valence-corrected chi connectivity index (χ2v) is 3.48. The molecule has 6 nitrogen and oxygen atoms in total. The zero-order valence-electron chi connectivity index (χ0n) is 6.72. The van der Waals surface area contributed by atoms with E-state index in [2.05, 4.69) is 36.1 Å². The molecule has 0 amide bonds. The van der Waals surface area contributed by atoms with Crippen molar-refractivity contribution in [2.45, 2.75) is 0 Å². The summed E-state index contributed by atoms with van der Waals surface area (Å²) in [7, 11) is 0. The highest BCUT2D eigenvalue weighted by atomic mass is 79.9. The molecule has 2 aromatic heterocycles. The third-order valence-electron chi connectivity index (χ3n) is 1.42. The maximum absolute atomic E-state index is 5.79. The van der Waals surface area contributed by atoms with Crippen molar-refractivity contribution in [3.63, 3.8) is 0 Å². The van der Waals surface area contributed by atoms with Crippen LogP contribution in [0.1, 0.15) is 0 Å². The number of nitrogen functional groups attached to an aromatic ring is 1. The Bertz CT molecular complexity index is 432. The lowest BCUT2D eigenvalue weighted by Crippen LogP contribution is -2.07. The summed E-state index contributed by atoms with van der Waals surface area (Å²) >= 11 is 8.93. The predicted molar refractivity (Wildman–Crippen MR) is 54.1 cm³/mol. The fourth-order valence-electron chi connectivity index (χ4n) is 0.833. The van der Waals surface area contributed by atoms with Gasteiger partial charge in [0.05, 0.1) is 16.9 Å². The first kappa shape index (κ1) is 9.35. The third kappa shape index (κ3) is 1.55. The Morgan fingerprint density at radius 3 is 2.50 bits per heavy atom. The predicted octanol–water partition coefficient (Wildman–Crippen LogP) is 1.06. The molecular weight excluding hydrogens is 271 g/mol. The zero-order valence-corrected chi connectivity index (χ0v) is 9.07. The van der Waals surface area contributed by atoms with Crippen molar-refractivity contribution in [3.05, 3.63) is 22.0 Å². The van der Waals surface area contributed by atoms with Gasteiger partial charge in [-0.15, -0.1) is 4.80 Å². The summed E-state index contributed by atoms with van der Waals surface area (Å²) in [6, 6.07) is 0. The number of rotatable bonds is 1. The summed E-state index contributed by atoms with van der Waals surface area (Å²) in [4.78, 5) is 9.12. The molecule has 14 heavy (non-hydrogen) atoms. The van der Waals surface area contributed by atoms with Gasteiger partial charge in [0.2, 0.25) is 0 Å². The van der Waals surface area contributed by atoms with Crippen LogP contribution in [0, 0.1) is 0 Å². The zero-order chi connectivity index (χ0) is 10.1. The fourth-order valence-corrected chi connectivity index (χ4v) is 1.18. The van der Waals surface area contributed by atoms with E-state index >= 15 is 0 Å². The fraction of sp³-hybridized carbons (Fsp3) is 0. The highest BCUT2D eigenvalue weighted by molar-refractivity contribution is 9.10. The quantitative estimate of drug-likeness (QED) is 0.787. The monoisotopic (exact) mass is 274 g/mol. The summed E-state index contributed by atoms with van der Waals surface area (Å²) in [5.74, 6) is 0.484. The number of aromatic nitrogens is 5. The van der Waals surface area contributed by atoms with E-state index < -0.39 is 0 Å². The van der Waals surface area contributed by atoms with Gasteiger partial charge in [0.25, 0.3) is 5.95 Å². The first-order valence-corrected chi connectivity index (χ1v) is 4.71. The van der Waals surface area contributed by atoms with Crippen LogP contribution in [0.3, 0.4) is 0 Å². The highest BCUT2D eigenvalue weighted by Gasteiger charge is 2.09. The van der Waals surface area contributed by atoms with Gasteiger partial charge in [-0.25, -0.2) is 0 Å². The standard InChI is InChI=1S/C6H4BrClN6/c7-3-4(8)12-6(13-5(3)9)14-10-1-2-11-14/h1-2H,(H2,9,12,13). The van der Waals surface area contributed by atoms with Crippen molar-refractivity contribution >= 4 is 33.3 Å². The molecule has 0 saturated carbocycles. The number of anilines is 1. The van der Waals surface area contributed by atoms with Gasteiger partial charge in [-0.3, -0.25) is 0 Å². The molecule has 0 aromatic carbocycles. The van der Waals surface area contributed by atoms with Crippen molar-refractivity contribution in [1.82, 2.24) is 25.0 Å². The van der Waals surface area contributed by atoms with Crippen molar-refractivity contribution in [1.29, 1.82) is 0 Å². The average molecular weight is 275 g/mol. The molecule has 0 aliphatic rings. The maximum Gasteiger partial charge on any atom is 0.272 e. The summed E-state index contributed by atoms with van der Waals surface area (Å²) in [5.41, 5.74) is 5.58. The van der Waals surface area contributed by atoms with Gasteiger partial charge in [0.15, 0.2) is 5.15 Å². The SMILES string of the molecule is Nc1nc(-n2nccn2)nc(Cl)c1Br. The van der Waals surface area contributed by atoms with E-state index in [9.17, 15) is 0 Å². The number of nitrogens with two attached hydrogens (primary N) is 1. The van der Waals surface area contributed by atoms with Gasteiger partial charge in [-0.2, -0.15) is 20.2 Å². The Labute approximate surface area is 92.2 Å². The molecule has 72 valence electrons. The molecule has 2 rings (SSSR count). The molecule has 0 fully saturated rings. The van der Waals surface area contributed by atoms with E-state index in [1.807, 2.05) is 0 Å². The van der Waals surface area contributed by atoms with Crippen molar-refractivity contribution in [2.75, 3.05) is 5.73 Å². The van der Waals surface area contributed by atoms with Crippen molar-refractivity contribution in [3.8, 4) is 5.95 Å². The van der Waals surface area contributed by atoms with Crippen LogP contribution < -0.4 is 5.73 Å². The van der Waals surface area contributed by atoms with Crippen LogP contribution in [0.25, 0.3) is 5.95 Å². The lowest BCUT2D eigenvalue weighted by molar-refractivity contribution is 0.704. The Kier molecular flexibility index (Phi) is 2.34. The second kappa shape index (κ2) is 3.50. The summed E-state index contributed by atoms with van der Waals surface area (Å²) < 4.78 is 0.468. The molecule has 0 spiro atoms. The number of nitrogens with zero attached hydrogens (tertiary/aromatic N) is 5. The van der Waals surface area contributed by atoms with Gasteiger partial charge in [0.1, 0.15) is 5.82 Å². The van der Waals surface area contributed by atoms with Crippen LogP contribution in [-0.4, -0.2) is 25.0 Å². The van der Waals surface area contributed by atoms with Gasteiger partial charge < -0.3 is 5.73 Å². The molecule has 0 unspecified atom stereocenters. The van der Waals surface area contributed by atoms with Crippen LogP contribution in [0.15, 0.2) is 16.9 Å². The average Bonchev–Trinajstić information content (AvgIpc) is 2.66. The van der Waals surface area contributed by atoms with Crippen LogP contribution >= 0.6 is 27.5 Å². The van der Waals surface area contributed by atoms with Gasteiger partial charge >= 0.3 is 0 Å². The molecule has 0 bridgehead atoms. The first-order chi connectivity index (χ1) is 6.68. The van der Waals surface area contributed by atoms with Gasteiger partial charge in [-0.1, -0.05) is 11.6 Å². The summed E-state index contributed by atoms with van der Waals surface area (Å²) in [5, 5.41) is 7.93. The van der Waals surface area contributed by atoms with E-state index in [0.717, 1.165) is 0 Å². The first-order valence-electron chi connectivity index (χ1n) is 3.53. The van der Waals surface area contributed by atoms with Gasteiger partial charge in [0, 0.05) is 0 Å². The molecule has 0 saturated heterocycles. The van der Waals surface area contributed by atoms with Crippen LogP contribution in [0.4, 0.5) is 5.82 Å². The minimum Gasteiger partial charge on any atom is -0.383 e. The normalized spacial score (nSPS) is 10.4. The second-order valence-electron chi connectivity index (χ2n) is 2.33. The van der Waals surface area contributed by atoms with Crippen LogP contribution in [0.5, 0.6) is 0 Å². The van der Waals surface area contributed by atoms with Gasteiger partial charge in [-0.05, 0) is 15.9 Å². The molecule has 0 aliphatic carbocycles. The Hall–Kier alpha value is -1.21. The Morgan fingerprint density at radius 2 is 1.93 bits per heavy atom. The van der Waals surface area contributed by atoms with E-state index in [4.69, 9.17) is 17.3 Å². The number of halogens is 2. The lowest BCUT2D eigenvalue weighted by Gasteiger charge is -2.02. The van der Waals surface area contributed by atoms with Crippen molar-refractivity contribution < 1.29 is 0 Å².